The first-order valence-electron chi connectivity index (χ1n) is 5.93. The Hall–Kier alpha value is -0.461. The summed E-state index contributed by atoms with van der Waals surface area (Å²) in [6.07, 6.45) is -3.31. The molecule has 5 nitrogen and oxygen atoms in total. The molecule has 6 heteroatoms. The summed E-state index contributed by atoms with van der Waals surface area (Å²) < 4.78 is 10.5. The predicted octanol–water partition coefficient (Wildman–Crippen LogP) is -0.421. The Kier molecular flexibility index (Phi) is 7.56. The number of methoxy groups -OCH3 is 1. The summed E-state index contributed by atoms with van der Waals surface area (Å²) in [6.45, 7) is 0.0266. The van der Waals surface area contributed by atoms with Gasteiger partial charge in [0.1, 0.15) is 0 Å². The first-order valence-corrected chi connectivity index (χ1v) is 7.02. The Morgan fingerprint density at radius 1 is 1.16 bits per heavy atom. The van der Waals surface area contributed by atoms with Crippen molar-refractivity contribution in [3.8, 4) is 0 Å². The summed E-state index contributed by atoms with van der Waals surface area (Å²) in [4.78, 5) is -0.513. The van der Waals surface area contributed by atoms with E-state index in [2.05, 4.69) is 16.0 Å². The number of aliphatic hydroxyl groups excluding tert-OH is 3. The van der Waals surface area contributed by atoms with Crippen LogP contribution in [0.3, 0.4) is 0 Å². The molecule has 1 aromatic carbocycles. The van der Waals surface area contributed by atoms with Crippen molar-refractivity contribution in [3.05, 3.63) is 35.9 Å². The zero-order valence-corrected chi connectivity index (χ0v) is 12.6. The molecule has 0 saturated heterocycles. The second-order valence-corrected chi connectivity index (χ2v) is 5.52. The minimum absolute atomic E-state index is 0.243. The third kappa shape index (κ3) is 5.20. The normalized spacial score (nSPS) is 17.7. The fraction of sp³-hybridized carbons (Fsp3) is 0.538. The van der Waals surface area contributed by atoms with E-state index in [1.807, 2.05) is 30.3 Å². The first-order chi connectivity index (χ1) is 9.10. The van der Waals surface area contributed by atoms with Crippen LogP contribution < -0.4 is 0 Å². The number of hydrogen-bond acceptors (Lipinski definition) is 5. The quantitative estimate of drug-likeness (QED) is 0.444. The van der Waals surface area contributed by atoms with Gasteiger partial charge >= 0.3 is 120 Å². The molecule has 0 radical (unpaired) electrons. The summed E-state index contributed by atoms with van der Waals surface area (Å²) in [6, 6.07) is 9.45. The second kappa shape index (κ2) is 8.66. The van der Waals surface area contributed by atoms with Crippen LogP contribution in [-0.4, -0.2) is 63.5 Å². The van der Waals surface area contributed by atoms with Crippen LogP contribution in [0.5, 0.6) is 0 Å². The molecule has 1 aromatic rings. The monoisotopic (exact) mass is 336 g/mol. The van der Waals surface area contributed by atoms with Gasteiger partial charge in [0.05, 0.1) is 0 Å². The van der Waals surface area contributed by atoms with Crippen LogP contribution in [0, 0.1) is 0 Å². The van der Waals surface area contributed by atoms with E-state index in [4.69, 9.17) is 14.6 Å². The van der Waals surface area contributed by atoms with Crippen LogP contribution in [0.15, 0.2) is 30.3 Å². The van der Waals surface area contributed by atoms with Crippen molar-refractivity contribution in [2.75, 3.05) is 13.7 Å². The zero-order valence-electron chi connectivity index (χ0n) is 10.7. The van der Waals surface area contributed by atoms with Gasteiger partial charge in [0.25, 0.3) is 0 Å². The van der Waals surface area contributed by atoms with Gasteiger partial charge in [-0.2, -0.15) is 0 Å². The van der Waals surface area contributed by atoms with Crippen LogP contribution >= 0.6 is 0 Å². The first kappa shape index (κ1) is 16.6. The summed E-state index contributed by atoms with van der Waals surface area (Å²) in [7, 11) is 1.39. The zero-order chi connectivity index (χ0) is 14.3. The summed E-state index contributed by atoms with van der Waals surface area (Å²) in [5.74, 6) is 0. The van der Waals surface area contributed by atoms with Crippen LogP contribution in [0.1, 0.15) is 5.56 Å². The number of aliphatic hydroxyl groups is 3. The van der Waals surface area contributed by atoms with E-state index in [-0.39, 0.29) is 13.2 Å². The second-order valence-electron chi connectivity index (χ2n) is 4.13. The molecule has 4 atom stereocenters. The predicted molar refractivity (Wildman–Crippen MR) is 72.0 cm³/mol. The van der Waals surface area contributed by atoms with Gasteiger partial charge in [-0.05, 0) is 0 Å². The van der Waals surface area contributed by atoms with E-state index in [0.29, 0.717) is 0 Å². The maximum absolute atomic E-state index is 9.94. The average molecular weight is 335 g/mol. The molecule has 1 unspecified atom stereocenters. The molecule has 108 valence electrons. The molecule has 0 aliphatic heterocycles. The van der Waals surface area contributed by atoms with E-state index in [9.17, 15) is 10.2 Å². The van der Waals surface area contributed by atoms with Gasteiger partial charge in [0.15, 0.2) is 0 Å². The van der Waals surface area contributed by atoms with E-state index in [0.717, 1.165) is 5.56 Å². The average Bonchev–Trinajstić information content (AvgIpc) is 2.47. The molecule has 0 aliphatic carbocycles. The van der Waals surface area contributed by atoms with Gasteiger partial charge in [0.2, 0.25) is 0 Å². The maximum atomic E-state index is 9.94. The van der Waals surface area contributed by atoms with E-state index in [1.54, 1.807) is 0 Å². The van der Waals surface area contributed by atoms with Gasteiger partial charge in [-0.15, -0.1) is 0 Å². The van der Waals surface area contributed by atoms with Gasteiger partial charge in [-0.25, -0.2) is 0 Å². The summed E-state index contributed by atoms with van der Waals surface area (Å²) in [5, 5.41) is 28.7. The van der Waals surface area contributed by atoms with Gasteiger partial charge in [-0.3, -0.25) is 0 Å². The van der Waals surface area contributed by atoms with Gasteiger partial charge < -0.3 is 0 Å². The van der Waals surface area contributed by atoms with Crippen molar-refractivity contribution in [3.63, 3.8) is 0 Å². The number of hydrogen-bond donors (Lipinski definition) is 3. The Morgan fingerprint density at radius 2 is 1.79 bits per heavy atom. The minimum atomic E-state index is -1.23. The van der Waals surface area contributed by atoms with Crippen molar-refractivity contribution < 1.29 is 24.8 Å². The topological polar surface area (TPSA) is 79.2 Å². The third-order valence-corrected chi connectivity index (χ3v) is 3.68. The van der Waals surface area contributed by atoms with Crippen molar-refractivity contribution in [2.45, 2.75) is 29.9 Å². The molecule has 19 heavy (non-hydrogen) atoms. The van der Waals surface area contributed by atoms with Crippen molar-refractivity contribution in [1.82, 2.24) is 0 Å². The van der Waals surface area contributed by atoms with E-state index in [1.165, 1.54) is 7.11 Å². The molecule has 1 rings (SSSR count). The third-order valence-electron chi connectivity index (χ3n) is 2.70. The molecular weight excluding hydrogens is 315 g/mol. The Morgan fingerprint density at radius 3 is 2.32 bits per heavy atom. The fourth-order valence-electron chi connectivity index (χ4n) is 1.56. The van der Waals surface area contributed by atoms with Crippen LogP contribution in [0.4, 0.5) is 0 Å². The van der Waals surface area contributed by atoms with Crippen LogP contribution in [0.2, 0.25) is 4.82 Å². The summed E-state index contributed by atoms with van der Waals surface area (Å²) in [5.41, 5.74) is 0.942. The number of benzene rings is 1. The molecule has 0 saturated carbocycles. The summed E-state index contributed by atoms with van der Waals surface area (Å²) >= 11 is 2.11. The Labute approximate surface area is 121 Å². The molecule has 0 amide bonds. The van der Waals surface area contributed by atoms with Gasteiger partial charge in [-0.1, -0.05) is 0 Å². The Balaban J connectivity index is 2.53. The van der Waals surface area contributed by atoms with Gasteiger partial charge in [0, 0.05) is 0 Å². The number of rotatable bonds is 8. The Bertz CT molecular complexity index is 348. The van der Waals surface area contributed by atoms with E-state index >= 15 is 0 Å². The SMILES string of the molecule is COC(OCc1ccccc1)[C@@H](O)[C@H](O)[C@H]([SeH])CO. The standard InChI is InChI=1S/C13H20O5Se/c1-17-13(12(16)11(15)10(19)7-14)18-8-9-5-3-2-4-6-9/h2-6,10-16,19H,7-8H2,1H3/t10-,11-,12+,13?/m1/s1. The molecule has 0 aromatic heterocycles. The molecule has 0 aliphatic rings. The molecular formula is C13H20O5Se. The van der Waals surface area contributed by atoms with Crippen LogP contribution in [0.25, 0.3) is 0 Å². The van der Waals surface area contributed by atoms with Crippen molar-refractivity contribution in [1.29, 1.82) is 0 Å². The van der Waals surface area contributed by atoms with E-state index < -0.39 is 23.3 Å². The molecule has 0 fully saturated rings. The molecule has 0 spiro atoms. The molecule has 0 heterocycles. The fourth-order valence-corrected chi connectivity index (χ4v) is 1.93. The number of ether oxygens (including phenoxy) is 2. The van der Waals surface area contributed by atoms with Crippen molar-refractivity contribution >= 4 is 16.0 Å². The molecule has 0 bridgehead atoms. The van der Waals surface area contributed by atoms with Crippen molar-refractivity contribution in [2.24, 2.45) is 0 Å². The van der Waals surface area contributed by atoms with Crippen LogP contribution in [-0.2, 0) is 16.1 Å². The molecule has 3 N–H and O–H groups in total.